The van der Waals surface area contributed by atoms with E-state index in [0.29, 0.717) is 6.42 Å². The second-order valence-electron chi connectivity index (χ2n) is 4.04. The van der Waals surface area contributed by atoms with Crippen molar-refractivity contribution in [2.24, 2.45) is 0 Å². The zero-order chi connectivity index (χ0) is 15.3. The Bertz CT molecular complexity index is 547. The number of hydrogen-bond acceptors (Lipinski definition) is 4. The standard InChI is InChI=1S/C12H13ClN2O5/c1-2-5-14(7-11(16)17)12(18)8-3-4-10(15(19)20)9(13)6-8/h3-4,6H,2,5,7H2,1H3,(H,16,17). The van der Waals surface area contributed by atoms with Crippen LogP contribution in [0.2, 0.25) is 5.02 Å². The fourth-order valence-corrected chi connectivity index (χ4v) is 1.91. The minimum atomic E-state index is -1.13. The second-order valence-corrected chi connectivity index (χ2v) is 4.45. The van der Waals surface area contributed by atoms with Gasteiger partial charge in [0, 0.05) is 18.2 Å². The fourth-order valence-electron chi connectivity index (χ4n) is 1.66. The van der Waals surface area contributed by atoms with Crippen LogP contribution in [-0.2, 0) is 4.79 Å². The lowest BCUT2D eigenvalue weighted by atomic mass is 10.1. The van der Waals surface area contributed by atoms with E-state index in [0.717, 1.165) is 11.0 Å². The summed E-state index contributed by atoms with van der Waals surface area (Å²) in [6.07, 6.45) is 0.597. The maximum absolute atomic E-state index is 12.1. The Balaban J connectivity index is 3.03. The van der Waals surface area contributed by atoms with E-state index in [1.807, 2.05) is 6.92 Å². The number of nitrogens with zero attached hydrogens (tertiary/aromatic N) is 2. The van der Waals surface area contributed by atoms with Crippen LogP contribution < -0.4 is 0 Å². The van der Waals surface area contributed by atoms with Gasteiger partial charge in [0.25, 0.3) is 11.6 Å². The zero-order valence-electron chi connectivity index (χ0n) is 10.7. The Kier molecular flexibility index (Phi) is 5.45. The summed E-state index contributed by atoms with van der Waals surface area (Å²) in [5.74, 6) is -1.65. The highest BCUT2D eigenvalue weighted by Gasteiger charge is 2.20. The van der Waals surface area contributed by atoms with Gasteiger partial charge in [-0.2, -0.15) is 0 Å². The van der Waals surface area contributed by atoms with Crippen LogP contribution in [0.15, 0.2) is 18.2 Å². The summed E-state index contributed by atoms with van der Waals surface area (Å²) in [6, 6.07) is 3.56. The van der Waals surface area contributed by atoms with Crippen molar-refractivity contribution >= 4 is 29.2 Å². The number of carbonyl (C=O) groups is 2. The normalized spacial score (nSPS) is 10.1. The first kappa shape index (κ1) is 15.9. The Morgan fingerprint density at radius 1 is 1.45 bits per heavy atom. The predicted molar refractivity (Wildman–Crippen MR) is 71.9 cm³/mol. The van der Waals surface area contributed by atoms with Crippen molar-refractivity contribution < 1.29 is 19.6 Å². The van der Waals surface area contributed by atoms with E-state index >= 15 is 0 Å². The van der Waals surface area contributed by atoms with Gasteiger partial charge in [0.05, 0.1) is 4.92 Å². The van der Waals surface area contributed by atoms with Crippen LogP contribution in [0.4, 0.5) is 5.69 Å². The van der Waals surface area contributed by atoms with E-state index in [4.69, 9.17) is 16.7 Å². The third-order valence-corrected chi connectivity index (χ3v) is 2.80. The molecule has 1 amide bonds. The van der Waals surface area contributed by atoms with E-state index in [1.165, 1.54) is 12.1 Å². The molecule has 0 aliphatic carbocycles. The summed E-state index contributed by atoms with van der Waals surface area (Å²) in [7, 11) is 0. The summed E-state index contributed by atoms with van der Waals surface area (Å²) in [5, 5.41) is 19.2. The van der Waals surface area contributed by atoms with Gasteiger partial charge in [0.1, 0.15) is 11.6 Å². The molecule has 1 aromatic carbocycles. The van der Waals surface area contributed by atoms with Crippen LogP contribution in [0.1, 0.15) is 23.7 Å². The van der Waals surface area contributed by atoms with Crippen LogP contribution in [0.5, 0.6) is 0 Å². The van der Waals surface area contributed by atoms with Crippen molar-refractivity contribution in [3.8, 4) is 0 Å². The van der Waals surface area contributed by atoms with Crippen molar-refractivity contribution in [2.45, 2.75) is 13.3 Å². The van der Waals surface area contributed by atoms with Crippen LogP contribution in [-0.4, -0.2) is 39.9 Å². The van der Waals surface area contributed by atoms with Gasteiger partial charge in [-0.25, -0.2) is 0 Å². The number of nitro groups is 1. The van der Waals surface area contributed by atoms with E-state index in [1.54, 1.807) is 0 Å². The maximum atomic E-state index is 12.1. The molecule has 1 aromatic rings. The highest BCUT2D eigenvalue weighted by Crippen LogP contribution is 2.25. The Morgan fingerprint density at radius 3 is 2.55 bits per heavy atom. The third-order valence-electron chi connectivity index (χ3n) is 2.50. The summed E-state index contributed by atoms with van der Waals surface area (Å²) >= 11 is 5.73. The summed E-state index contributed by atoms with van der Waals surface area (Å²) < 4.78 is 0. The van der Waals surface area contributed by atoms with Gasteiger partial charge in [0.2, 0.25) is 0 Å². The Morgan fingerprint density at radius 2 is 2.10 bits per heavy atom. The highest BCUT2D eigenvalue weighted by molar-refractivity contribution is 6.33. The average Bonchev–Trinajstić information content (AvgIpc) is 2.36. The number of nitro benzene ring substituents is 1. The lowest BCUT2D eigenvalue weighted by molar-refractivity contribution is -0.384. The molecule has 0 saturated heterocycles. The molecule has 0 fully saturated rings. The second kappa shape index (κ2) is 6.85. The van der Waals surface area contributed by atoms with E-state index in [9.17, 15) is 19.7 Å². The molecule has 0 bridgehead atoms. The summed E-state index contributed by atoms with van der Waals surface area (Å²) in [6.45, 7) is 1.66. The molecular formula is C12H13ClN2O5. The average molecular weight is 301 g/mol. The van der Waals surface area contributed by atoms with Crippen molar-refractivity contribution in [3.05, 3.63) is 38.9 Å². The SMILES string of the molecule is CCCN(CC(=O)O)C(=O)c1ccc([N+](=O)[O-])c(Cl)c1. The van der Waals surface area contributed by atoms with Crippen molar-refractivity contribution in [2.75, 3.05) is 13.1 Å². The molecule has 8 heteroatoms. The molecule has 0 aromatic heterocycles. The van der Waals surface area contributed by atoms with Crippen molar-refractivity contribution in [3.63, 3.8) is 0 Å². The Labute approximate surface area is 119 Å². The molecule has 7 nitrogen and oxygen atoms in total. The van der Waals surface area contributed by atoms with Crippen molar-refractivity contribution in [1.82, 2.24) is 4.90 Å². The highest BCUT2D eigenvalue weighted by atomic mass is 35.5. The first-order valence-corrected chi connectivity index (χ1v) is 6.19. The van der Waals surface area contributed by atoms with E-state index < -0.39 is 23.3 Å². The summed E-state index contributed by atoms with van der Waals surface area (Å²) in [5.41, 5.74) is -0.182. The molecule has 20 heavy (non-hydrogen) atoms. The topological polar surface area (TPSA) is 101 Å². The number of rotatable bonds is 6. The number of carboxylic acid groups (broad SMARTS) is 1. The molecule has 1 N–H and O–H groups in total. The summed E-state index contributed by atoms with van der Waals surface area (Å²) in [4.78, 5) is 34.0. The fraction of sp³-hybridized carbons (Fsp3) is 0.333. The molecule has 0 radical (unpaired) electrons. The number of aliphatic carboxylic acids is 1. The molecule has 0 atom stereocenters. The molecular weight excluding hydrogens is 288 g/mol. The molecule has 0 unspecified atom stereocenters. The molecule has 0 spiro atoms. The van der Waals surface area contributed by atoms with Crippen LogP contribution in [0, 0.1) is 10.1 Å². The predicted octanol–water partition coefficient (Wildman–Crippen LogP) is 2.18. The molecule has 0 saturated carbocycles. The number of carbonyl (C=O) groups excluding carboxylic acids is 1. The lowest BCUT2D eigenvalue weighted by Crippen LogP contribution is -2.36. The minimum Gasteiger partial charge on any atom is -0.480 e. The van der Waals surface area contributed by atoms with Gasteiger partial charge in [-0.3, -0.25) is 19.7 Å². The third kappa shape index (κ3) is 3.92. The first-order valence-electron chi connectivity index (χ1n) is 5.81. The van der Waals surface area contributed by atoms with Crippen LogP contribution >= 0.6 is 11.6 Å². The zero-order valence-corrected chi connectivity index (χ0v) is 11.5. The molecule has 0 aliphatic rings. The molecule has 0 aliphatic heterocycles. The largest absolute Gasteiger partial charge is 0.480 e. The number of hydrogen-bond donors (Lipinski definition) is 1. The quantitative estimate of drug-likeness (QED) is 0.641. The van der Waals surface area contributed by atoms with Crippen molar-refractivity contribution in [1.29, 1.82) is 0 Å². The number of carboxylic acids is 1. The minimum absolute atomic E-state index is 0.121. The van der Waals surface area contributed by atoms with Gasteiger partial charge in [-0.05, 0) is 18.6 Å². The first-order chi connectivity index (χ1) is 9.36. The van der Waals surface area contributed by atoms with E-state index in [-0.39, 0.29) is 22.8 Å². The van der Waals surface area contributed by atoms with E-state index in [2.05, 4.69) is 0 Å². The van der Waals surface area contributed by atoms with Gasteiger partial charge in [0.15, 0.2) is 0 Å². The van der Waals surface area contributed by atoms with Crippen LogP contribution in [0.3, 0.4) is 0 Å². The Hall–Kier alpha value is -2.15. The molecule has 0 heterocycles. The van der Waals surface area contributed by atoms with Gasteiger partial charge < -0.3 is 10.0 Å². The molecule has 1 rings (SSSR count). The number of amides is 1. The maximum Gasteiger partial charge on any atom is 0.323 e. The monoisotopic (exact) mass is 300 g/mol. The van der Waals surface area contributed by atoms with Gasteiger partial charge in [-0.1, -0.05) is 18.5 Å². The number of halogens is 1. The van der Waals surface area contributed by atoms with Gasteiger partial charge >= 0.3 is 5.97 Å². The molecule has 108 valence electrons. The van der Waals surface area contributed by atoms with Crippen LogP contribution in [0.25, 0.3) is 0 Å². The smallest absolute Gasteiger partial charge is 0.323 e. The number of benzene rings is 1. The lowest BCUT2D eigenvalue weighted by Gasteiger charge is -2.19. The van der Waals surface area contributed by atoms with Gasteiger partial charge in [-0.15, -0.1) is 0 Å².